The summed E-state index contributed by atoms with van der Waals surface area (Å²) in [6, 6.07) is 0. The van der Waals surface area contributed by atoms with Crippen LogP contribution in [0.2, 0.25) is 0 Å². The molecule has 1 N–H and O–H groups in total. The van der Waals surface area contributed by atoms with E-state index in [2.05, 4.69) is 19.1 Å². The van der Waals surface area contributed by atoms with Gasteiger partial charge in [-0.25, -0.2) is 0 Å². The van der Waals surface area contributed by atoms with E-state index in [4.69, 9.17) is 5.11 Å². The van der Waals surface area contributed by atoms with Crippen LogP contribution in [0.15, 0.2) is 12.2 Å². The van der Waals surface area contributed by atoms with E-state index in [1.54, 1.807) is 0 Å². The molecule has 0 rings (SSSR count). The molecule has 0 saturated heterocycles. The molecular weight excluding hydrogens is 136 g/mol. The SMILES string of the molecule is C/C=C\CCCCCCCO. The summed E-state index contributed by atoms with van der Waals surface area (Å²) < 4.78 is 0. The molecule has 0 radical (unpaired) electrons. The van der Waals surface area contributed by atoms with Crippen molar-refractivity contribution in [3.8, 4) is 0 Å². The molecule has 0 aromatic heterocycles. The molecule has 0 aliphatic rings. The first-order valence-electron chi connectivity index (χ1n) is 4.64. The largest absolute Gasteiger partial charge is 0.396 e. The number of allylic oxidation sites excluding steroid dienone is 2. The highest BCUT2D eigenvalue weighted by molar-refractivity contribution is 4.76. The van der Waals surface area contributed by atoms with Gasteiger partial charge in [0.2, 0.25) is 0 Å². The van der Waals surface area contributed by atoms with Crippen molar-refractivity contribution in [2.24, 2.45) is 0 Å². The maximum atomic E-state index is 8.50. The van der Waals surface area contributed by atoms with E-state index in [1.807, 2.05) is 0 Å². The van der Waals surface area contributed by atoms with Crippen LogP contribution in [0.4, 0.5) is 0 Å². The van der Waals surface area contributed by atoms with Gasteiger partial charge in [-0.1, -0.05) is 31.4 Å². The summed E-state index contributed by atoms with van der Waals surface area (Å²) in [5.41, 5.74) is 0. The third-order valence-corrected chi connectivity index (χ3v) is 1.76. The summed E-state index contributed by atoms with van der Waals surface area (Å²) in [5, 5.41) is 8.50. The Bertz CT molecular complexity index is 86.9. The summed E-state index contributed by atoms with van der Waals surface area (Å²) >= 11 is 0. The van der Waals surface area contributed by atoms with Gasteiger partial charge < -0.3 is 5.11 Å². The van der Waals surface area contributed by atoms with Gasteiger partial charge in [-0.2, -0.15) is 0 Å². The molecule has 0 amide bonds. The molecule has 0 aliphatic carbocycles. The smallest absolute Gasteiger partial charge is 0.0431 e. The molecule has 0 fully saturated rings. The fourth-order valence-electron chi connectivity index (χ4n) is 1.07. The summed E-state index contributed by atoms with van der Waals surface area (Å²) in [4.78, 5) is 0. The van der Waals surface area contributed by atoms with Crippen molar-refractivity contribution in [3.05, 3.63) is 12.2 Å². The van der Waals surface area contributed by atoms with Crippen LogP contribution in [0.5, 0.6) is 0 Å². The molecule has 1 heteroatoms. The average molecular weight is 156 g/mol. The molecule has 66 valence electrons. The summed E-state index contributed by atoms with van der Waals surface area (Å²) in [7, 11) is 0. The van der Waals surface area contributed by atoms with Crippen molar-refractivity contribution in [1.82, 2.24) is 0 Å². The highest BCUT2D eigenvalue weighted by Gasteiger charge is 1.87. The Morgan fingerprint density at radius 2 is 1.64 bits per heavy atom. The van der Waals surface area contributed by atoms with Crippen LogP contribution in [-0.4, -0.2) is 11.7 Å². The number of aliphatic hydroxyl groups excluding tert-OH is 1. The highest BCUT2D eigenvalue weighted by atomic mass is 16.2. The second-order valence-corrected chi connectivity index (χ2v) is 2.85. The number of rotatable bonds is 7. The maximum Gasteiger partial charge on any atom is 0.0431 e. The van der Waals surface area contributed by atoms with E-state index in [0.29, 0.717) is 6.61 Å². The third kappa shape index (κ3) is 9.70. The van der Waals surface area contributed by atoms with Gasteiger partial charge in [0, 0.05) is 6.61 Å². The lowest BCUT2D eigenvalue weighted by Crippen LogP contribution is -1.82. The fraction of sp³-hybridized carbons (Fsp3) is 0.800. The molecule has 1 nitrogen and oxygen atoms in total. The Hall–Kier alpha value is -0.300. The van der Waals surface area contributed by atoms with Crippen LogP contribution in [0.25, 0.3) is 0 Å². The minimum atomic E-state index is 0.356. The minimum Gasteiger partial charge on any atom is -0.396 e. The minimum absolute atomic E-state index is 0.356. The monoisotopic (exact) mass is 156 g/mol. The number of unbranched alkanes of at least 4 members (excludes halogenated alkanes) is 5. The van der Waals surface area contributed by atoms with Gasteiger partial charge >= 0.3 is 0 Å². The van der Waals surface area contributed by atoms with E-state index in [-0.39, 0.29) is 0 Å². The second-order valence-electron chi connectivity index (χ2n) is 2.85. The van der Waals surface area contributed by atoms with Crippen molar-refractivity contribution in [3.63, 3.8) is 0 Å². The first kappa shape index (κ1) is 10.7. The lowest BCUT2D eigenvalue weighted by molar-refractivity contribution is 0.282. The maximum absolute atomic E-state index is 8.50. The van der Waals surface area contributed by atoms with Crippen molar-refractivity contribution in [2.75, 3.05) is 6.61 Å². The van der Waals surface area contributed by atoms with Crippen LogP contribution >= 0.6 is 0 Å². The number of hydrogen-bond donors (Lipinski definition) is 1. The van der Waals surface area contributed by atoms with Crippen molar-refractivity contribution in [2.45, 2.75) is 45.4 Å². The quantitative estimate of drug-likeness (QED) is 0.444. The van der Waals surface area contributed by atoms with E-state index in [1.165, 1.54) is 32.1 Å². The second kappa shape index (κ2) is 9.70. The summed E-state index contributed by atoms with van der Waals surface area (Å²) in [5.74, 6) is 0. The normalized spacial score (nSPS) is 11.1. The molecule has 0 aromatic rings. The first-order valence-corrected chi connectivity index (χ1v) is 4.64. The van der Waals surface area contributed by atoms with E-state index >= 15 is 0 Å². The van der Waals surface area contributed by atoms with E-state index < -0.39 is 0 Å². The molecule has 0 bridgehead atoms. The third-order valence-electron chi connectivity index (χ3n) is 1.76. The Morgan fingerprint density at radius 3 is 2.27 bits per heavy atom. The standard InChI is InChI=1S/C10H20O/c1-2-3-4-5-6-7-8-9-10-11/h2-3,11H,4-10H2,1H3/b3-2-. The van der Waals surface area contributed by atoms with Crippen LogP contribution in [0.1, 0.15) is 45.4 Å². The van der Waals surface area contributed by atoms with Gasteiger partial charge in [-0.3, -0.25) is 0 Å². The molecule has 11 heavy (non-hydrogen) atoms. The zero-order valence-corrected chi connectivity index (χ0v) is 7.55. The zero-order valence-electron chi connectivity index (χ0n) is 7.55. The molecule has 0 spiro atoms. The Labute approximate surface area is 70.1 Å². The molecule has 0 heterocycles. The van der Waals surface area contributed by atoms with Crippen LogP contribution in [-0.2, 0) is 0 Å². The van der Waals surface area contributed by atoms with Crippen LogP contribution in [0.3, 0.4) is 0 Å². The molecule has 0 aromatic carbocycles. The van der Waals surface area contributed by atoms with Gasteiger partial charge in [0.1, 0.15) is 0 Å². The van der Waals surface area contributed by atoms with Crippen LogP contribution in [0, 0.1) is 0 Å². The first-order chi connectivity index (χ1) is 5.41. The van der Waals surface area contributed by atoms with E-state index in [0.717, 1.165) is 6.42 Å². The van der Waals surface area contributed by atoms with Crippen molar-refractivity contribution in [1.29, 1.82) is 0 Å². The number of aliphatic hydroxyl groups is 1. The average Bonchev–Trinajstić information content (AvgIpc) is 2.03. The van der Waals surface area contributed by atoms with Crippen LogP contribution < -0.4 is 0 Å². The lowest BCUT2D eigenvalue weighted by Gasteiger charge is -1.96. The summed E-state index contributed by atoms with van der Waals surface area (Å²) in [6.45, 7) is 2.42. The predicted octanol–water partition coefficient (Wildman–Crippen LogP) is 2.90. The molecule has 0 aliphatic heterocycles. The lowest BCUT2D eigenvalue weighted by atomic mass is 10.1. The highest BCUT2D eigenvalue weighted by Crippen LogP contribution is 2.04. The zero-order chi connectivity index (χ0) is 8.36. The molecule has 0 atom stereocenters. The molecule has 0 unspecified atom stereocenters. The molecule has 0 saturated carbocycles. The van der Waals surface area contributed by atoms with E-state index in [9.17, 15) is 0 Å². The van der Waals surface area contributed by atoms with Gasteiger partial charge in [0.15, 0.2) is 0 Å². The Balaban J connectivity index is 2.79. The summed E-state index contributed by atoms with van der Waals surface area (Å²) in [6.07, 6.45) is 11.6. The number of hydrogen-bond acceptors (Lipinski definition) is 1. The topological polar surface area (TPSA) is 20.2 Å². The van der Waals surface area contributed by atoms with Crippen molar-refractivity contribution >= 4 is 0 Å². The Morgan fingerprint density at radius 1 is 1.00 bits per heavy atom. The van der Waals surface area contributed by atoms with Crippen molar-refractivity contribution < 1.29 is 5.11 Å². The van der Waals surface area contributed by atoms with Gasteiger partial charge in [0.25, 0.3) is 0 Å². The van der Waals surface area contributed by atoms with Gasteiger partial charge in [-0.15, -0.1) is 0 Å². The Kier molecular flexibility index (Phi) is 9.44. The van der Waals surface area contributed by atoms with Gasteiger partial charge in [-0.05, 0) is 26.2 Å². The fourth-order valence-corrected chi connectivity index (χ4v) is 1.07. The van der Waals surface area contributed by atoms with Gasteiger partial charge in [0.05, 0.1) is 0 Å². The molecular formula is C10H20O. The predicted molar refractivity (Wildman–Crippen MR) is 49.6 cm³/mol.